The fraction of sp³-hybridized carbons (Fsp3) is 0.179. The summed E-state index contributed by atoms with van der Waals surface area (Å²) in [6, 6.07) is 13.7. The minimum absolute atomic E-state index is 0.0260. The number of carbonyl (C=O) groups excluding carboxylic acids is 1. The second kappa shape index (κ2) is 14.8. The summed E-state index contributed by atoms with van der Waals surface area (Å²) in [7, 11) is -6.69. The maximum atomic E-state index is 15.3. The first-order valence-corrected chi connectivity index (χ1v) is 16.6. The van der Waals surface area contributed by atoms with Crippen LogP contribution in [-0.4, -0.2) is 53.1 Å². The second-order valence-electron chi connectivity index (χ2n) is 9.28. The van der Waals surface area contributed by atoms with Crippen molar-refractivity contribution in [2.75, 3.05) is 28.6 Å². The van der Waals surface area contributed by atoms with Crippen LogP contribution in [0.25, 0.3) is 11.1 Å². The number of aromatic nitrogens is 2. The van der Waals surface area contributed by atoms with E-state index in [1.54, 1.807) is 26.0 Å². The summed E-state index contributed by atoms with van der Waals surface area (Å²) in [6.45, 7) is 3.16. The maximum absolute atomic E-state index is 15.3. The van der Waals surface area contributed by atoms with Gasteiger partial charge in [0.05, 0.1) is 39.5 Å². The van der Waals surface area contributed by atoms with Crippen molar-refractivity contribution in [2.24, 2.45) is 4.36 Å². The van der Waals surface area contributed by atoms with Crippen LogP contribution in [0.1, 0.15) is 13.8 Å². The third kappa shape index (κ3) is 8.58. The molecule has 4 rings (SSSR count). The van der Waals surface area contributed by atoms with Crippen LogP contribution >= 0.6 is 23.2 Å². The highest BCUT2D eigenvalue weighted by Crippen LogP contribution is 2.33. The number of nitrogens with zero attached hydrogens (tertiary/aromatic N) is 3. The maximum Gasteiger partial charge on any atom is 0.441 e. The molecule has 238 valence electrons. The average Bonchev–Trinajstić information content (AvgIpc) is 2.99. The van der Waals surface area contributed by atoms with E-state index in [-0.39, 0.29) is 50.5 Å². The van der Waals surface area contributed by atoms with Gasteiger partial charge < -0.3 is 20.5 Å². The summed E-state index contributed by atoms with van der Waals surface area (Å²) in [5.41, 5.74) is 0.749. The molecule has 0 aliphatic heterocycles. The summed E-state index contributed by atoms with van der Waals surface area (Å²) in [6.07, 6.45) is 0.476. The summed E-state index contributed by atoms with van der Waals surface area (Å²) >= 11 is 12.0. The van der Waals surface area contributed by atoms with Crippen LogP contribution in [0.15, 0.2) is 81.0 Å². The first-order chi connectivity index (χ1) is 21.4. The molecule has 12 nitrogen and oxygen atoms in total. The van der Waals surface area contributed by atoms with Crippen molar-refractivity contribution in [3.8, 4) is 11.1 Å². The molecule has 0 saturated heterocycles. The van der Waals surface area contributed by atoms with Crippen LogP contribution in [0.4, 0.5) is 32.3 Å². The van der Waals surface area contributed by atoms with Crippen LogP contribution in [0.3, 0.4) is 0 Å². The Hall–Kier alpha value is -4.02. The van der Waals surface area contributed by atoms with E-state index >= 15 is 4.39 Å². The Bertz CT molecular complexity index is 1930. The number of sulfonamides is 1. The van der Waals surface area contributed by atoms with Gasteiger partial charge in [-0.1, -0.05) is 41.4 Å². The molecule has 17 heteroatoms. The van der Waals surface area contributed by atoms with Crippen LogP contribution < -0.4 is 15.4 Å². The zero-order valence-electron chi connectivity index (χ0n) is 23.7. The number of aliphatic hydroxyl groups is 1. The van der Waals surface area contributed by atoms with Gasteiger partial charge in [0.2, 0.25) is 5.95 Å². The Labute approximate surface area is 270 Å². The van der Waals surface area contributed by atoms with Gasteiger partial charge >= 0.3 is 6.09 Å². The molecule has 0 aliphatic carbocycles. The van der Waals surface area contributed by atoms with Gasteiger partial charge in [-0.25, -0.2) is 26.8 Å². The standard InChI is InChI=1S/C28H27Cl2FN6O6S2/c1-3-43-28(39)36-44(40)19-7-4-6-18(13-19)34-27-32-14-20(26(35-27)33-16(2)15-38)17-10-11-23(22(31)12-17)37-45(41,42)24-9-5-8-21(29)25(24)30/h4-14,16,37-38,44H,3,15H2,1-2H3,(H2,32,33,34,35). The average molecular weight is 698 g/mol. The molecule has 45 heavy (non-hydrogen) atoms. The molecular formula is C28H27Cl2FN6O6S2. The Morgan fingerprint density at radius 1 is 1.16 bits per heavy atom. The largest absolute Gasteiger partial charge is 0.448 e. The summed E-state index contributed by atoms with van der Waals surface area (Å²) < 4.78 is 63.9. The predicted octanol–water partition coefficient (Wildman–Crippen LogP) is 6.11. The number of hydrogen-bond donors (Lipinski definition) is 5. The minimum atomic E-state index is -4.27. The van der Waals surface area contributed by atoms with Crippen molar-refractivity contribution in [3.63, 3.8) is 0 Å². The lowest BCUT2D eigenvalue weighted by molar-refractivity contribution is 0.164. The quantitative estimate of drug-likeness (QED) is 0.115. The number of aliphatic hydroxyl groups excluding tert-OH is 1. The van der Waals surface area contributed by atoms with E-state index < -0.39 is 38.6 Å². The molecule has 0 bridgehead atoms. The molecule has 1 aromatic heterocycles. The van der Waals surface area contributed by atoms with Crippen molar-refractivity contribution in [1.82, 2.24) is 9.97 Å². The van der Waals surface area contributed by atoms with E-state index in [4.69, 9.17) is 27.9 Å². The number of benzene rings is 3. The SMILES string of the molecule is CCOC(=O)/N=[SH](=O)\c1cccc(Nc2ncc(-c3ccc(NS(=O)(=O)c4cccc(Cl)c4Cl)c(F)c3)c(NC(C)CO)n2)c1. The lowest BCUT2D eigenvalue weighted by atomic mass is 10.1. The lowest BCUT2D eigenvalue weighted by Gasteiger charge is -2.17. The first-order valence-electron chi connectivity index (χ1n) is 13.2. The van der Waals surface area contributed by atoms with Gasteiger partial charge in [0.25, 0.3) is 10.0 Å². The van der Waals surface area contributed by atoms with E-state index in [1.165, 1.54) is 48.7 Å². The molecular weight excluding hydrogens is 670 g/mol. The molecule has 0 spiro atoms. The van der Waals surface area contributed by atoms with Gasteiger partial charge in [-0.2, -0.15) is 4.98 Å². The topological polar surface area (TPSA) is 172 Å². The van der Waals surface area contributed by atoms with Gasteiger partial charge in [0.1, 0.15) is 16.5 Å². The molecule has 2 unspecified atom stereocenters. The normalized spacial score (nSPS) is 12.8. The zero-order valence-corrected chi connectivity index (χ0v) is 26.9. The van der Waals surface area contributed by atoms with E-state index in [2.05, 4.69) is 29.7 Å². The van der Waals surface area contributed by atoms with E-state index in [0.29, 0.717) is 16.8 Å². The van der Waals surface area contributed by atoms with E-state index in [1.807, 2.05) is 0 Å². The molecule has 1 amide bonds. The summed E-state index contributed by atoms with van der Waals surface area (Å²) in [5, 5.41) is 15.5. The number of ether oxygens (including phenoxy) is 1. The highest BCUT2D eigenvalue weighted by atomic mass is 35.5. The Morgan fingerprint density at radius 2 is 1.91 bits per heavy atom. The molecule has 0 radical (unpaired) electrons. The van der Waals surface area contributed by atoms with E-state index in [0.717, 1.165) is 6.07 Å². The number of hydrogen-bond acceptors (Lipinski definition) is 10. The molecule has 4 N–H and O–H groups in total. The third-order valence-corrected chi connectivity index (χ3v) is 9.34. The fourth-order valence-corrected chi connectivity index (χ4v) is 6.43. The second-order valence-corrected chi connectivity index (χ2v) is 13.0. The van der Waals surface area contributed by atoms with Crippen molar-refractivity contribution in [1.29, 1.82) is 0 Å². The van der Waals surface area contributed by atoms with Crippen molar-refractivity contribution in [3.05, 3.63) is 82.7 Å². The number of amides is 1. The molecule has 0 aliphatic rings. The smallest absolute Gasteiger partial charge is 0.441 e. The lowest BCUT2D eigenvalue weighted by Crippen LogP contribution is -2.21. The molecule has 2 atom stereocenters. The molecule has 3 aromatic carbocycles. The molecule has 0 fully saturated rings. The van der Waals surface area contributed by atoms with Crippen LogP contribution in [-0.2, 0) is 25.4 Å². The van der Waals surface area contributed by atoms with Gasteiger partial charge in [-0.05, 0) is 61.9 Å². The van der Waals surface area contributed by atoms with Crippen molar-refractivity contribution < 1.29 is 31.7 Å². The monoisotopic (exact) mass is 696 g/mol. The minimum Gasteiger partial charge on any atom is -0.448 e. The van der Waals surface area contributed by atoms with Gasteiger partial charge in [-0.15, -0.1) is 4.36 Å². The highest BCUT2D eigenvalue weighted by Gasteiger charge is 2.22. The fourth-order valence-electron chi connectivity index (χ4n) is 3.82. The molecule has 0 saturated carbocycles. The van der Waals surface area contributed by atoms with Gasteiger partial charge in [0, 0.05) is 28.4 Å². The molecule has 4 aromatic rings. The Kier molecular flexibility index (Phi) is 11.2. The molecule has 1 heterocycles. The van der Waals surface area contributed by atoms with Gasteiger partial charge in [0.15, 0.2) is 0 Å². The van der Waals surface area contributed by atoms with Crippen LogP contribution in [0.5, 0.6) is 0 Å². The van der Waals surface area contributed by atoms with Crippen molar-refractivity contribution >= 4 is 73.1 Å². The van der Waals surface area contributed by atoms with Gasteiger partial charge in [-0.3, -0.25) is 4.72 Å². The number of halogens is 3. The number of nitrogens with one attached hydrogen (secondary N) is 3. The van der Waals surface area contributed by atoms with E-state index in [9.17, 15) is 22.5 Å². The Balaban J connectivity index is 1.63. The van der Waals surface area contributed by atoms with Crippen LogP contribution in [0, 0.1) is 5.82 Å². The number of rotatable bonds is 11. The zero-order chi connectivity index (χ0) is 32.7. The predicted molar refractivity (Wildman–Crippen MR) is 172 cm³/mol. The summed E-state index contributed by atoms with van der Waals surface area (Å²) in [4.78, 5) is 20.3. The van der Waals surface area contributed by atoms with Crippen molar-refractivity contribution in [2.45, 2.75) is 29.7 Å². The first kappa shape index (κ1) is 33.9. The van der Waals surface area contributed by atoms with Crippen LogP contribution in [0.2, 0.25) is 10.0 Å². The third-order valence-electron chi connectivity index (χ3n) is 5.94. The number of anilines is 4. The highest BCUT2D eigenvalue weighted by molar-refractivity contribution is 7.92. The number of thiol groups is 1. The Morgan fingerprint density at radius 3 is 2.62 bits per heavy atom. The summed E-state index contributed by atoms with van der Waals surface area (Å²) in [5.74, 6) is -0.562. The number of carbonyl (C=O) groups is 1.